The highest BCUT2D eigenvalue weighted by molar-refractivity contribution is 6.30. The molecule has 0 aliphatic carbocycles. The van der Waals surface area contributed by atoms with Crippen LogP contribution in [-0.4, -0.2) is 61.3 Å². The molecule has 7 heteroatoms. The number of rotatable bonds is 4. The molecule has 1 aromatic carbocycles. The first-order chi connectivity index (χ1) is 13.2. The number of hydrogen-bond acceptors (Lipinski definition) is 5. The molecule has 4 rings (SSSR count). The van der Waals surface area contributed by atoms with Crippen LogP contribution >= 0.6 is 11.6 Å². The van der Waals surface area contributed by atoms with Crippen molar-refractivity contribution in [3.63, 3.8) is 0 Å². The largest absolute Gasteiger partial charge is 0.472 e. The fourth-order valence-corrected chi connectivity index (χ4v) is 3.59. The Hall–Kier alpha value is -2.31. The minimum Gasteiger partial charge on any atom is -0.472 e. The smallest absolute Gasteiger partial charge is 0.254 e. The molecule has 0 radical (unpaired) electrons. The maximum atomic E-state index is 12.9. The van der Waals surface area contributed by atoms with Gasteiger partial charge in [-0.2, -0.15) is 0 Å². The molecule has 2 fully saturated rings. The number of benzene rings is 1. The van der Waals surface area contributed by atoms with E-state index >= 15 is 0 Å². The molecule has 0 N–H and O–H groups in total. The quantitative estimate of drug-likeness (QED) is 0.807. The molecule has 0 unspecified atom stereocenters. The third kappa shape index (κ3) is 4.34. The van der Waals surface area contributed by atoms with Crippen molar-refractivity contribution >= 4 is 23.2 Å². The number of ether oxygens (including phenoxy) is 2. The van der Waals surface area contributed by atoms with Crippen LogP contribution in [0.15, 0.2) is 42.6 Å². The molecule has 2 aromatic rings. The standard InChI is InChI=1S/C20H22ClN3O3/c21-16-2-1-3-17(13-16)23-7-9-24(10-8-23)20(25)15-4-6-22-19(12-15)27-18-5-11-26-14-18/h1-4,6,12-13,18H,5,7-11,14H2/t18-/m0/s1. The van der Waals surface area contributed by atoms with E-state index in [1.165, 1.54) is 0 Å². The maximum absolute atomic E-state index is 12.9. The molecule has 142 valence electrons. The number of pyridine rings is 1. The molecule has 3 heterocycles. The van der Waals surface area contributed by atoms with Gasteiger partial charge in [-0.05, 0) is 24.3 Å². The van der Waals surface area contributed by atoms with E-state index in [2.05, 4.69) is 9.88 Å². The van der Waals surface area contributed by atoms with Gasteiger partial charge in [-0.1, -0.05) is 17.7 Å². The highest BCUT2D eigenvalue weighted by atomic mass is 35.5. The first kappa shape index (κ1) is 18.1. The van der Waals surface area contributed by atoms with Crippen LogP contribution in [0, 0.1) is 0 Å². The summed E-state index contributed by atoms with van der Waals surface area (Å²) < 4.78 is 11.1. The van der Waals surface area contributed by atoms with Crippen molar-refractivity contribution in [1.82, 2.24) is 9.88 Å². The van der Waals surface area contributed by atoms with Gasteiger partial charge in [0, 0.05) is 61.1 Å². The second-order valence-corrected chi connectivity index (χ2v) is 7.18. The van der Waals surface area contributed by atoms with Crippen molar-refractivity contribution in [2.75, 3.05) is 44.3 Å². The summed E-state index contributed by atoms with van der Waals surface area (Å²) >= 11 is 6.08. The van der Waals surface area contributed by atoms with E-state index in [1.54, 1.807) is 18.3 Å². The average molecular weight is 388 g/mol. The second-order valence-electron chi connectivity index (χ2n) is 6.75. The topological polar surface area (TPSA) is 54.9 Å². The van der Waals surface area contributed by atoms with E-state index in [4.69, 9.17) is 21.1 Å². The lowest BCUT2D eigenvalue weighted by Gasteiger charge is -2.36. The number of piperazine rings is 1. The summed E-state index contributed by atoms with van der Waals surface area (Å²) in [5.41, 5.74) is 1.70. The molecular formula is C20H22ClN3O3. The van der Waals surface area contributed by atoms with Crippen LogP contribution in [0.4, 0.5) is 5.69 Å². The molecule has 1 aromatic heterocycles. The Morgan fingerprint density at radius 2 is 2.04 bits per heavy atom. The van der Waals surface area contributed by atoms with Gasteiger partial charge >= 0.3 is 0 Å². The summed E-state index contributed by atoms with van der Waals surface area (Å²) in [6.45, 7) is 4.17. The molecular weight excluding hydrogens is 366 g/mol. The Bertz CT molecular complexity index is 803. The molecule has 1 amide bonds. The third-order valence-corrected chi connectivity index (χ3v) is 5.13. The van der Waals surface area contributed by atoms with Crippen molar-refractivity contribution < 1.29 is 14.3 Å². The Kier molecular flexibility index (Phi) is 5.45. The molecule has 2 aliphatic rings. The van der Waals surface area contributed by atoms with E-state index in [-0.39, 0.29) is 12.0 Å². The number of carbonyl (C=O) groups is 1. The van der Waals surface area contributed by atoms with Crippen LogP contribution in [0.5, 0.6) is 5.88 Å². The number of anilines is 1. The predicted molar refractivity (Wildman–Crippen MR) is 104 cm³/mol. The molecule has 1 atom stereocenters. The zero-order chi connectivity index (χ0) is 18.6. The van der Waals surface area contributed by atoms with Crippen molar-refractivity contribution in [2.24, 2.45) is 0 Å². The summed E-state index contributed by atoms with van der Waals surface area (Å²) in [7, 11) is 0. The van der Waals surface area contributed by atoms with Gasteiger partial charge in [0.05, 0.1) is 13.2 Å². The van der Waals surface area contributed by atoms with Crippen LogP contribution in [0.25, 0.3) is 0 Å². The van der Waals surface area contributed by atoms with Crippen LogP contribution in [0.3, 0.4) is 0 Å². The van der Waals surface area contributed by atoms with E-state index in [1.807, 2.05) is 29.2 Å². The second kappa shape index (κ2) is 8.15. The molecule has 0 bridgehead atoms. The number of hydrogen-bond donors (Lipinski definition) is 0. The van der Waals surface area contributed by atoms with Gasteiger partial charge in [0.25, 0.3) is 5.91 Å². The molecule has 0 saturated carbocycles. The van der Waals surface area contributed by atoms with E-state index in [9.17, 15) is 4.79 Å². The number of aromatic nitrogens is 1. The molecule has 0 spiro atoms. The van der Waals surface area contributed by atoms with Gasteiger partial charge in [0.15, 0.2) is 0 Å². The van der Waals surface area contributed by atoms with Crippen molar-refractivity contribution in [3.05, 3.63) is 53.2 Å². The van der Waals surface area contributed by atoms with E-state index in [0.717, 1.165) is 30.2 Å². The Labute approximate surface area is 163 Å². The third-order valence-electron chi connectivity index (χ3n) is 4.90. The minimum absolute atomic E-state index is 0.00988. The van der Waals surface area contributed by atoms with Gasteiger partial charge in [0.1, 0.15) is 6.10 Å². The number of carbonyl (C=O) groups excluding carboxylic acids is 1. The first-order valence-corrected chi connectivity index (χ1v) is 9.57. The molecule has 27 heavy (non-hydrogen) atoms. The Morgan fingerprint density at radius 3 is 2.78 bits per heavy atom. The van der Waals surface area contributed by atoms with Crippen LogP contribution < -0.4 is 9.64 Å². The molecule has 6 nitrogen and oxygen atoms in total. The Morgan fingerprint density at radius 1 is 1.19 bits per heavy atom. The van der Waals surface area contributed by atoms with Gasteiger partial charge in [0.2, 0.25) is 5.88 Å². The molecule has 2 aliphatic heterocycles. The average Bonchev–Trinajstić information content (AvgIpc) is 3.21. The van der Waals surface area contributed by atoms with Crippen LogP contribution in [-0.2, 0) is 4.74 Å². The van der Waals surface area contributed by atoms with Crippen molar-refractivity contribution in [2.45, 2.75) is 12.5 Å². The highest BCUT2D eigenvalue weighted by Crippen LogP contribution is 2.22. The lowest BCUT2D eigenvalue weighted by molar-refractivity contribution is 0.0745. The van der Waals surface area contributed by atoms with E-state index in [0.29, 0.717) is 37.7 Å². The zero-order valence-electron chi connectivity index (χ0n) is 15.0. The zero-order valence-corrected chi connectivity index (χ0v) is 15.8. The van der Waals surface area contributed by atoms with Crippen molar-refractivity contribution in [1.29, 1.82) is 0 Å². The number of amides is 1. The van der Waals surface area contributed by atoms with Gasteiger partial charge in [-0.3, -0.25) is 4.79 Å². The number of halogens is 1. The van der Waals surface area contributed by atoms with Gasteiger partial charge in [-0.15, -0.1) is 0 Å². The SMILES string of the molecule is O=C(c1ccnc(O[C@H]2CCOC2)c1)N1CCN(c2cccc(Cl)c2)CC1. The fraction of sp³-hybridized carbons (Fsp3) is 0.400. The molecule has 2 saturated heterocycles. The summed E-state index contributed by atoms with van der Waals surface area (Å²) in [4.78, 5) is 21.2. The fourth-order valence-electron chi connectivity index (χ4n) is 3.41. The van der Waals surface area contributed by atoms with Crippen molar-refractivity contribution in [3.8, 4) is 5.88 Å². The van der Waals surface area contributed by atoms with Crippen LogP contribution in [0.1, 0.15) is 16.8 Å². The summed E-state index contributed by atoms with van der Waals surface area (Å²) in [5, 5.41) is 0.725. The van der Waals surface area contributed by atoms with Crippen LogP contribution in [0.2, 0.25) is 5.02 Å². The summed E-state index contributed by atoms with van der Waals surface area (Å²) in [6.07, 6.45) is 2.50. The monoisotopic (exact) mass is 387 g/mol. The number of nitrogens with zero attached hydrogens (tertiary/aromatic N) is 3. The Balaban J connectivity index is 1.37. The highest BCUT2D eigenvalue weighted by Gasteiger charge is 2.24. The summed E-state index contributed by atoms with van der Waals surface area (Å²) in [5.74, 6) is 0.490. The maximum Gasteiger partial charge on any atom is 0.254 e. The normalized spacial score (nSPS) is 20.0. The summed E-state index contributed by atoms with van der Waals surface area (Å²) in [6, 6.07) is 11.3. The van der Waals surface area contributed by atoms with E-state index < -0.39 is 0 Å². The first-order valence-electron chi connectivity index (χ1n) is 9.19. The lowest BCUT2D eigenvalue weighted by atomic mass is 10.2. The van der Waals surface area contributed by atoms with Gasteiger partial charge < -0.3 is 19.3 Å². The predicted octanol–water partition coefficient (Wildman–Crippen LogP) is 2.87. The minimum atomic E-state index is 0.00988. The lowest BCUT2D eigenvalue weighted by Crippen LogP contribution is -2.48. The van der Waals surface area contributed by atoms with Gasteiger partial charge in [-0.25, -0.2) is 4.98 Å².